The summed E-state index contributed by atoms with van der Waals surface area (Å²) in [7, 11) is -3.47. The predicted octanol–water partition coefficient (Wildman–Crippen LogP) is 1.65. The lowest BCUT2D eigenvalue weighted by atomic mass is 10.2. The van der Waals surface area contributed by atoms with Crippen LogP contribution in [0.2, 0.25) is 0 Å². The summed E-state index contributed by atoms with van der Waals surface area (Å²) in [6.45, 7) is 8.06. The highest BCUT2D eigenvalue weighted by Gasteiger charge is 2.14. The largest absolute Gasteiger partial charge is 0.397 e. The van der Waals surface area contributed by atoms with E-state index >= 15 is 0 Å². The van der Waals surface area contributed by atoms with Crippen LogP contribution in [0.1, 0.15) is 20.8 Å². The van der Waals surface area contributed by atoms with Crippen molar-refractivity contribution in [3.05, 3.63) is 18.2 Å². The van der Waals surface area contributed by atoms with Crippen molar-refractivity contribution in [2.24, 2.45) is 5.92 Å². The van der Waals surface area contributed by atoms with Gasteiger partial charge in [0.15, 0.2) is 0 Å². The Morgan fingerprint density at radius 3 is 2.67 bits per heavy atom. The second kappa shape index (κ2) is 8.21. The summed E-state index contributed by atoms with van der Waals surface area (Å²) in [4.78, 5) is 0.198. The van der Waals surface area contributed by atoms with E-state index in [-0.39, 0.29) is 4.90 Å². The van der Waals surface area contributed by atoms with E-state index in [4.69, 9.17) is 10.5 Å². The number of anilines is 2. The van der Waals surface area contributed by atoms with Crippen LogP contribution in [-0.4, -0.2) is 34.7 Å². The van der Waals surface area contributed by atoms with Crippen LogP contribution in [0, 0.1) is 5.92 Å². The van der Waals surface area contributed by atoms with Gasteiger partial charge in [-0.15, -0.1) is 0 Å². The van der Waals surface area contributed by atoms with E-state index in [0.29, 0.717) is 43.6 Å². The van der Waals surface area contributed by atoms with Crippen LogP contribution in [0.4, 0.5) is 11.4 Å². The molecule has 0 unspecified atom stereocenters. The molecule has 0 amide bonds. The average molecular weight is 315 g/mol. The van der Waals surface area contributed by atoms with Gasteiger partial charge in [0.1, 0.15) is 0 Å². The maximum absolute atomic E-state index is 11.9. The molecular weight excluding hydrogens is 290 g/mol. The molecule has 0 fully saturated rings. The molecule has 1 rings (SSSR count). The summed E-state index contributed by atoms with van der Waals surface area (Å²) >= 11 is 0. The molecule has 1 aromatic rings. The Hall–Kier alpha value is -1.31. The Balaban J connectivity index is 2.66. The standard InChI is InChI=1S/C14H25N3O3S/c1-4-17-21(18,19)12-5-6-13(15)14(9-12)16-7-8-20-10-11(2)3/h5-6,9,11,16-17H,4,7-8,10,15H2,1-3H3. The van der Waals surface area contributed by atoms with Crippen LogP contribution >= 0.6 is 0 Å². The first-order valence-corrected chi connectivity index (χ1v) is 8.56. The van der Waals surface area contributed by atoms with Gasteiger partial charge in [-0.05, 0) is 24.1 Å². The quantitative estimate of drug-likeness (QED) is 0.476. The van der Waals surface area contributed by atoms with Gasteiger partial charge >= 0.3 is 0 Å². The summed E-state index contributed by atoms with van der Waals surface area (Å²) in [6, 6.07) is 4.62. The molecule has 6 nitrogen and oxygen atoms in total. The van der Waals surface area contributed by atoms with Crippen LogP contribution in [0.15, 0.2) is 23.1 Å². The third kappa shape index (κ3) is 5.91. The van der Waals surface area contributed by atoms with Gasteiger partial charge in [-0.1, -0.05) is 20.8 Å². The zero-order chi connectivity index (χ0) is 15.9. The van der Waals surface area contributed by atoms with Crippen LogP contribution in [-0.2, 0) is 14.8 Å². The zero-order valence-corrected chi connectivity index (χ0v) is 13.7. The van der Waals surface area contributed by atoms with E-state index in [1.807, 2.05) is 0 Å². The summed E-state index contributed by atoms with van der Waals surface area (Å²) in [5.41, 5.74) is 6.96. The van der Waals surface area contributed by atoms with Crippen molar-refractivity contribution in [2.45, 2.75) is 25.7 Å². The number of benzene rings is 1. The second-order valence-corrected chi connectivity index (χ2v) is 6.91. The van der Waals surface area contributed by atoms with Crippen molar-refractivity contribution < 1.29 is 13.2 Å². The van der Waals surface area contributed by atoms with E-state index in [2.05, 4.69) is 23.9 Å². The van der Waals surface area contributed by atoms with Gasteiger partial charge in [0.2, 0.25) is 10.0 Å². The van der Waals surface area contributed by atoms with Gasteiger partial charge in [0.25, 0.3) is 0 Å². The molecule has 0 bridgehead atoms. The van der Waals surface area contributed by atoms with Gasteiger partial charge < -0.3 is 15.8 Å². The van der Waals surface area contributed by atoms with E-state index < -0.39 is 10.0 Å². The third-order valence-corrected chi connectivity index (χ3v) is 4.23. The molecule has 4 N–H and O–H groups in total. The molecular formula is C14H25N3O3S. The highest BCUT2D eigenvalue weighted by molar-refractivity contribution is 7.89. The molecule has 0 aliphatic heterocycles. The number of hydrogen-bond acceptors (Lipinski definition) is 5. The van der Waals surface area contributed by atoms with Gasteiger partial charge in [-0.25, -0.2) is 13.1 Å². The van der Waals surface area contributed by atoms with E-state index in [9.17, 15) is 8.42 Å². The topological polar surface area (TPSA) is 93.5 Å². The number of nitrogens with one attached hydrogen (secondary N) is 2. The molecule has 1 aromatic carbocycles. The molecule has 0 aliphatic carbocycles. The lowest BCUT2D eigenvalue weighted by Crippen LogP contribution is -2.23. The molecule has 0 saturated carbocycles. The first-order valence-electron chi connectivity index (χ1n) is 7.07. The van der Waals surface area contributed by atoms with Crippen LogP contribution in [0.5, 0.6) is 0 Å². The van der Waals surface area contributed by atoms with Gasteiger partial charge in [-0.3, -0.25) is 0 Å². The highest BCUT2D eigenvalue weighted by atomic mass is 32.2. The number of rotatable bonds is 9. The molecule has 0 aromatic heterocycles. The number of ether oxygens (including phenoxy) is 1. The van der Waals surface area contributed by atoms with Gasteiger partial charge in [-0.2, -0.15) is 0 Å². The minimum atomic E-state index is -3.47. The fraction of sp³-hybridized carbons (Fsp3) is 0.571. The summed E-state index contributed by atoms with van der Waals surface area (Å²) in [6.07, 6.45) is 0. The maximum Gasteiger partial charge on any atom is 0.240 e. The molecule has 0 heterocycles. The second-order valence-electron chi connectivity index (χ2n) is 5.15. The number of sulfonamides is 1. The SMILES string of the molecule is CCNS(=O)(=O)c1ccc(N)c(NCCOCC(C)C)c1. The van der Waals surface area contributed by atoms with Crippen molar-refractivity contribution >= 4 is 21.4 Å². The Kier molecular flexibility index (Phi) is 6.94. The Morgan fingerprint density at radius 2 is 2.05 bits per heavy atom. The van der Waals surface area contributed by atoms with Crippen molar-refractivity contribution in [1.82, 2.24) is 4.72 Å². The molecule has 120 valence electrons. The predicted molar refractivity (Wildman–Crippen MR) is 85.9 cm³/mol. The number of nitrogens with two attached hydrogens (primary N) is 1. The minimum absolute atomic E-state index is 0.198. The van der Waals surface area contributed by atoms with Crippen molar-refractivity contribution in [1.29, 1.82) is 0 Å². The van der Waals surface area contributed by atoms with E-state index in [1.165, 1.54) is 12.1 Å². The highest BCUT2D eigenvalue weighted by Crippen LogP contribution is 2.22. The Labute approximate surface area is 127 Å². The maximum atomic E-state index is 11.9. The van der Waals surface area contributed by atoms with E-state index in [1.54, 1.807) is 13.0 Å². The first kappa shape index (κ1) is 17.7. The monoisotopic (exact) mass is 315 g/mol. The fourth-order valence-electron chi connectivity index (χ4n) is 1.71. The zero-order valence-electron chi connectivity index (χ0n) is 12.8. The summed E-state index contributed by atoms with van der Waals surface area (Å²) in [5, 5.41) is 3.10. The average Bonchev–Trinajstić information content (AvgIpc) is 2.39. The van der Waals surface area contributed by atoms with Gasteiger partial charge in [0.05, 0.1) is 22.9 Å². The first-order chi connectivity index (χ1) is 9.86. The van der Waals surface area contributed by atoms with Crippen LogP contribution < -0.4 is 15.8 Å². The normalized spacial score (nSPS) is 11.8. The molecule has 21 heavy (non-hydrogen) atoms. The van der Waals surface area contributed by atoms with Crippen LogP contribution in [0.3, 0.4) is 0 Å². The minimum Gasteiger partial charge on any atom is -0.397 e. The lowest BCUT2D eigenvalue weighted by Gasteiger charge is -2.12. The van der Waals surface area contributed by atoms with Crippen molar-refractivity contribution in [2.75, 3.05) is 37.4 Å². The van der Waals surface area contributed by atoms with Gasteiger partial charge in [0, 0.05) is 19.7 Å². The number of nitrogen functional groups attached to an aromatic ring is 1. The van der Waals surface area contributed by atoms with Crippen LogP contribution in [0.25, 0.3) is 0 Å². The molecule has 7 heteroatoms. The number of hydrogen-bond donors (Lipinski definition) is 3. The molecule has 0 radical (unpaired) electrons. The molecule has 0 aliphatic rings. The Morgan fingerprint density at radius 1 is 1.33 bits per heavy atom. The molecule has 0 atom stereocenters. The lowest BCUT2D eigenvalue weighted by molar-refractivity contribution is 0.118. The molecule has 0 spiro atoms. The van der Waals surface area contributed by atoms with Crippen molar-refractivity contribution in [3.63, 3.8) is 0 Å². The van der Waals surface area contributed by atoms with Crippen molar-refractivity contribution in [3.8, 4) is 0 Å². The Bertz CT molecular complexity index is 544. The molecule has 0 saturated heterocycles. The fourth-order valence-corrected chi connectivity index (χ4v) is 2.77. The smallest absolute Gasteiger partial charge is 0.240 e. The van der Waals surface area contributed by atoms with E-state index in [0.717, 1.165) is 0 Å². The summed E-state index contributed by atoms with van der Waals surface area (Å²) in [5.74, 6) is 0.489. The summed E-state index contributed by atoms with van der Waals surface area (Å²) < 4.78 is 31.8. The third-order valence-electron chi connectivity index (χ3n) is 2.68.